The van der Waals surface area contributed by atoms with Crippen LogP contribution in [-0.4, -0.2) is 17.6 Å². The van der Waals surface area contributed by atoms with E-state index in [1.165, 1.54) is 0 Å². The molecule has 1 N–H and O–H groups in total. The molecule has 0 unspecified atom stereocenters. The van der Waals surface area contributed by atoms with E-state index >= 15 is 0 Å². The van der Waals surface area contributed by atoms with Crippen molar-refractivity contribution in [3.63, 3.8) is 0 Å². The lowest BCUT2D eigenvalue weighted by atomic mass is 10.1. The predicted molar refractivity (Wildman–Crippen MR) is 53.1 cm³/mol. The second-order valence-electron chi connectivity index (χ2n) is 2.91. The molecule has 2 rings (SSSR count). The lowest BCUT2D eigenvalue weighted by Crippen LogP contribution is -2.03. The van der Waals surface area contributed by atoms with Gasteiger partial charge in [-0.1, -0.05) is 0 Å². The molecule has 1 aromatic carbocycles. The molecule has 0 spiro atoms. The highest BCUT2D eigenvalue weighted by atomic mass is 16.5. The summed E-state index contributed by atoms with van der Waals surface area (Å²) in [5, 5.41) is 0.899. The summed E-state index contributed by atoms with van der Waals surface area (Å²) < 4.78 is 4.89. The minimum Gasteiger partial charge on any atom is -0.462 e. The molecule has 3 nitrogen and oxygen atoms in total. The van der Waals surface area contributed by atoms with E-state index in [-0.39, 0.29) is 5.97 Å². The Morgan fingerprint density at radius 1 is 1.57 bits per heavy atom. The lowest BCUT2D eigenvalue weighted by Gasteiger charge is -2.00. The highest BCUT2D eigenvalue weighted by molar-refractivity contribution is 5.94. The van der Waals surface area contributed by atoms with Crippen molar-refractivity contribution in [1.82, 2.24) is 4.98 Å². The molecule has 0 amide bonds. The molecule has 14 heavy (non-hydrogen) atoms. The van der Waals surface area contributed by atoms with Crippen LogP contribution in [0.15, 0.2) is 24.4 Å². The number of hydrogen-bond acceptors (Lipinski definition) is 2. The molecule has 0 aliphatic carbocycles. The third kappa shape index (κ3) is 1.48. The summed E-state index contributed by atoms with van der Waals surface area (Å²) in [6, 6.07) is 8.35. The Morgan fingerprint density at radius 3 is 3.21 bits per heavy atom. The fourth-order valence-electron chi connectivity index (χ4n) is 1.32. The molecular formula is C11H10NO2. The Kier molecular flexibility index (Phi) is 2.23. The van der Waals surface area contributed by atoms with E-state index in [4.69, 9.17) is 4.74 Å². The Balaban J connectivity index is 2.38. The van der Waals surface area contributed by atoms with E-state index in [1.807, 2.05) is 6.07 Å². The Labute approximate surface area is 81.7 Å². The van der Waals surface area contributed by atoms with Gasteiger partial charge < -0.3 is 9.72 Å². The number of fused-ring (bicyclic) bond motifs is 1. The van der Waals surface area contributed by atoms with Crippen LogP contribution >= 0.6 is 0 Å². The maximum absolute atomic E-state index is 11.4. The van der Waals surface area contributed by atoms with Gasteiger partial charge in [0.2, 0.25) is 0 Å². The molecule has 3 heteroatoms. The third-order valence-electron chi connectivity index (χ3n) is 1.99. The zero-order chi connectivity index (χ0) is 9.97. The highest BCUT2D eigenvalue weighted by Gasteiger charge is 2.06. The van der Waals surface area contributed by atoms with E-state index in [1.54, 1.807) is 25.3 Å². The van der Waals surface area contributed by atoms with Crippen molar-refractivity contribution in [1.29, 1.82) is 0 Å². The highest BCUT2D eigenvalue weighted by Crippen LogP contribution is 2.14. The van der Waals surface area contributed by atoms with Crippen LogP contribution in [-0.2, 0) is 4.74 Å². The van der Waals surface area contributed by atoms with Crippen molar-refractivity contribution in [3.8, 4) is 0 Å². The molecule has 0 saturated carbocycles. The largest absolute Gasteiger partial charge is 0.462 e. The summed E-state index contributed by atoms with van der Waals surface area (Å²) in [4.78, 5) is 14.4. The maximum atomic E-state index is 11.4. The first-order valence-electron chi connectivity index (χ1n) is 4.47. The molecule has 0 aliphatic heterocycles. The summed E-state index contributed by atoms with van der Waals surface area (Å²) in [7, 11) is 0. The number of ether oxygens (including phenoxy) is 1. The first kappa shape index (κ1) is 8.81. The number of aromatic amines is 1. The van der Waals surface area contributed by atoms with Crippen molar-refractivity contribution in [3.05, 3.63) is 36.0 Å². The van der Waals surface area contributed by atoms with Crippen LogP contribution in [0, 0.1) is 6.07 Å². The summed E-state index contributed by atoms with van der Waals surface area (Å²) in [5.41, 5.74) is 1.54. The first-order valence-corrected chi connectivity index (χ1v) is 4.47. The zero-order valence-electron chi connectivity index (χ0n) is 7.83. The molecule has 0 aliphatic rings. The first-order chi connectivity index (χ1) is 6.81. The van der Waals surface area contributed by atoms with Gasteiger partial charge in [-0.05, 0) is 25.1 Å². The average molecular weight is 188 g/mol. The number of rotatable bonds is 2. The van der Waals surface area contributed by atoms with Gasteiger partial charge in [0.05, 0.1) is 12.2 Å². The van der Waals surface area contributed by atoms with Crippen LogP contribution in [0.4, 0.5) is 0 Å². The second-order valence-corrected chi connectivity index (χ2v) is 2.91. The molecule has 0 bridgehead atoms. The predicted octanol–water partition coefficient (Wildman–Crippen LogP) is 2.14. The SMILES string of the molecule is CCOC(=O)c1ccc2[nH]c[c]c2c1. The number of esters is 1. The van der Waals surface area contributed by atoms with Gasteiger partial charge in [0.15, 0.2) is 0 Å². The van der Waals surface area contributed by atoms with Crippen molar-refractivity contribution in [2.45, 2.75) is 6.92 Å². The van der Waals surface area contributed by atoms with Crippen LogP contribution in [0.5, 0.6) is 0 Å². The van der Waals surface area contributed by atoms with Gasteiger partial charge in [-0.2, -0.15) is 0 Å². The number of benzene rings is 1. The standard InChI is InChI=1S/C11H10NO2/c1-2-14-11(13)9-3-4-10-8(7-9)5-6-12-10/h3-4,6-7,12H,2H2,1H3. The van der Waals surface area contributed by atoms with Crippen molar-refractivity contribution >= 4 is 16.9 Å². The fourth-order valence-corrected chi connectivity index (χ4v) is 1.32. The molecule has 0 fully saturated rings. The normalized spacial score (nSPS) is 10.4. The Hall–Kier alpha value is -1.77. The van der Waals surface area contributed by atoms with E-state index in [0.717, 1.165) is 10.9 Å². The zero-order valence-corrected chi connectivity index (χ0v) is 7.83. The smallest absolute Gasteiger partial charge is 0.338 e. The quantitative estimate of drug-likeness (QED) is 0.733. The van der Waals surface area contributed by atoms with Crippen LogP contribution in [0.25, 0.3) is 10.9 Å². The van der Waals surface area contributed by atoms with Crippen LogP contribution in [0.3, 0.4) is 0 Å². The number of aromatic nitrogens is 1. The maximum Gasteiger partial charge on any atom is 0.338 e. The summed E-state index contributed by atoms with van der Waals surface area (Å²) in [6.45, 7) is 2.19. The summed E-state index contributed by atoms with van der Waals surface area (Å²) in [5.74, 6) is -0.288. The minimum atomic E-state index is -0.288. The van der Waals surface area contributed by atoms with Gasteiger partial charge >= 0.3 is 5.97 Å². The van der Waals surface area contributed by atoms with Crippen molar-refractivity contribution in [2.75, 3.05) is 6.61 Å². The van der Waals surface area contributed by atoms with E-state index in [9.17, 15) is 4.79 Å². The van der Waals surface area contributed by atoms with Gasteiger partial charge in [-0.25, -0.2) is 4.79 Å². The molecule has 1 radical (unpaired) electrons. The minimum absolute atomic E-state index is 0.288. The third-order valence-corrected chi connectivity index (χ3v) is 1.99. The Morgan fingerprint density at radius 2 is 2.43 bits per heavy atom. The summed E-state index contributed by atoms with van der Waals surface area (Å²) >= 11 is 0. The number of carbonyl (C=O) groups is 1. The number of carbonyl (C=O) groups excluding carboxylic acids is 1. The molecule has 71 valence electrons. The van der Waals surface area contributed by atoms with Crippen LogP contribution in [0.2, 0.25) is 0 Å². The van der Waals surface area contributed by atoms with Crippen molar-refractivity contribution < 1.29 is 9.53 Å². The molecule has 0 saturated heterocycles. The van der Waals surface area contributed by atoms with Crippen molar-refractivity contribution in [2.24, 2.45) is 0 Å². The van der Waals surface area contributed by atoms with Gasteiger partial charge in [0.25, 0.3) is 0 Å². The summed E-state index contributed by atoms with van der Waals surface area (Å²) in [6.07, 6.45) is 1.72. The monoisotopic (exact) mass is 188 g/mol. The van der Waals surface area contributed by atoms with Crippen LogP contribution in [0.1, 0.15) is 17.3 Å². The van der Waals surface area contributed by atoms with Gasteiger partial charge in [-0.3, -0.25) is 0 Å². The van der Waals surface area contributed by atoms with Gasteiger partial charge in [0, 0.05) is 23.2 Å². The average Bonchev–Trinajstić information content (AvgIpc) is 2.64. The molecule has 0 atom stereocenters. The molecule has 2 aromatic rings. The Bertz CT molecular complexity index is 459. The van der Waals surface area contributed by atoms with E-state index in [2.05, 4.69) is 11.1 Å². The molecule has 1 aromatic heterocycles. The number of nitrogens with one attached hydrogen (secondary N) is 1. The number of hydrogen-bond donors (Lipinski definition) is 1. The molecule has 1 heterocycles. The van der Waals surface area contributed by atoms with E-state index < -0.39 is 0 Å². The second kappa shape index (κ2) is 3.54. The lowest BCUT2D eigenvalue weighted by molar-refractivity contribution is 0.0526. The molecular weight excluding hydrogens is 178 g/mol. The fraction of sp³-hybridized carbons (Fsp3) is 0.182. The number of H-pyrrole nitrogens is 1. The topological polar surface area (TPSA) is 42.1 Å². The van der Waals surface area contributed by atoms with E-state index in [0.29, 0.717) is 12.2 Å². The van der Waals surface area contributed by atoms with Gasteiger partial charge in [-0.15, -0.1) is 0 Å². The van der Waals surface area contributed by atoms with Crippen LogP contribution < -0.4 is 0 Å². The van der Waals surface area contributed by atoms with Gasteiger partial charge in [0.1, 0.15) is 0 Å².